The Labute approximate surface area is 264 Å². The van der Waals surface area contributed by atoms with Crippen LogP contribution in [0.4, 0.5) is 0 Å². The summed E-state index contributed by atoms with van der Waals surface area (Å²) in [4.78, 5) is 21.6. The highest BCUT2D eigenvalue weighted by molar-refractivity contribution is 5.78. The van der Waals surface area contributed by atoms with Gasteiger partial charge in [-0.2, -0.15) is 10.2 Å². The molecule has 0 radical (unpaired) electrons. The summed E-state index contributed by atoms with van der Waals surface area (Å²) in [5.41, 5.74) is 28.4. The number of hydrogen-bond acceptors (Lipinski definition) is 8. The first kappa shape index (κ1) is 37.9. The van der Waals surface area contributed by atoms with Gasteiger partial charge in [0.25, 0.3) is 0 Å². The molecule has 0 aliphatic heterocycles. The molecule has 238 valence electrons. The van der Waals surface area contributed by atoms with Gasteiger partial charge in [0, 0.05) is 37.5 Å². The third-order valence-electron chi connectivity index (χ3n) is 6.67. The molecule has 0 spiro atoms. The minimum Gasteiger partial charge on any atom is -0.405 e. The van der Waals surface area contributed by atoms with E-state index in [1.54, 1.807) is 32.9 Å². The average molecular weight is 601 g/mol. The van der Waals surface area contributed by atoms with Crippen LogP contribution in [-0.4, -0.2) is 21.8 Å². The van der Waals surface area contributed by atoms with E-state index in [4.69, 9.17) is 22.9 Å². The Hall–Kier alpha value is -4.14. The number of hydrogen-bond donors (Lipinski definition) is 4. The number of aromatic nitrogens is 2. The topological polar surface area (TPSA) is 164 Å². The van der Waals surface area contributed by atoms with Crippen LogP contribution < -0.4 is 22.9 Å². The second-order valence-corrected chi connectivity index (χ2v) is 11.0. The molecule has 3 aromatic rings. The van der Waals surface area contributed by atoms with Crippen molar-refractivity contribution in [3.05, 3.63) is 118 Å². The van der Waals surface area contributed by atoms with Crippen molar-refractivity contribution in [3.63, 3.8) is 0 Å². The lowest BCUT2D eigenvalue weighted by atomic mass is 9.87. The molecule has 0 saturated heterocycles. The fraction of sp³-hybridized carbons (Fsp3) is 0.389. The van der Waals surface area contributed by atoms with Crippen LogP contribution in [0, 0.1) is 6.92 Å². The van der Waals surface area contributed by atoms with Gasteiger partial charge < -0.3 is 22.9 Å². The van der Waals surface area contributed by atoms with Gasteiger partial charge in [-0.1, -0.05) is 67.8 Å². The first-order valence-electron chi connectivity index (χ1n) is 15.2. The van der Waals surface area contributed by atoms with Gasteiger partial charge in [-0.05, 0) is 93.3 Å². The molecule has 1 heterocycles. The van der Waals surface area contributed by atoms with Gasteiger partial charge in [-0.3, -0.25) is 9.59 Å². The van der Waals surface area contributed by atoms with Gasteiger partial charge in [0.05, 0.1) is 11.4 Å². The van der Waals surface area contributed by atoms with Crippen LogP contribution >= 0.6 is 0 Å². The van der Waals surface area contributed by atoms with Gasteiger partial charge >= 0.3 is 0 Å². The molecule has 1 fully saturated rings. The maximum absolute atomic E-state index is 10.8. The van der Waals surface area contributed by atoms with Crippen molar-refractivity contribution in [1.29, 1.82) is 0 Å². The number of Topliss-reactive ketones (excluding diaryl/α,β-unsaturated/α-hetero) is 2. The molecule has 0 unspecified atom stereocenters. The fourth-order valence-corrected chi connectivity index (χ4v) is 4.54. The minimum absolute atomic E-state index is 0.184. The van der Waals surface area contributed by atoms with Crippen molar-refractivity contribution in [3.8, 4) is 0 Å². The van der Waals surface area contributed by atoms with Crippen LogP contribution in [0.5, 0.6) is 0 Å². The van der Waals surface area contributed by atoms with Crippen LogP contribution in [0.2, 0.25) is 0 Å². The molecule has 4 rings (SSSR count). The van der Waals surface area contributed by atoms with E-state index in [2.05, 4.69) is 22.3 Å². The van der Waals surface area contributed by atoms with Crippen LogP contribution in [0.15, 0.2) is 84.7 Å². The van der Waals surface area contributed by atoms with E-state index < -0.39 is 0 Å². The van der Waals surface area contributed by atoms with E-state index in [1.165, 1.54) is 44.0 Å². The summed E-state index contributed by atoms with van der Waals surface area (Å²) in [6.07, 6.45) is 12.6. The number of rotatable bonds is 8. The summed E-state index contributed by atoms with van der Waals surface area (Å²) in [6, 6.07) is 19.8. The summed E-state index contributed by atoms with van der Waals surface area (Å²) in [6.45, 7) is 8.04. The van der Waals surface area contributed by atoms with E-state index in [0.717, 1.165) is 33.6 Å². The number of carbonyl (C=O) groups excluding carboxylic acids is 2. The lowest BCUT2D eigenvalue weighted by Gasteiger charge is -2.20. The van der Waals surface area contributed by atoms with Crippen LogP contribution in [-0.2, 0) is 35.5 Å². The maximum Gasteiger partial charge on any atom is 0.134 e. The summed E-state index contributed by atoms with van der Waals surface area (Å²) >= 11 is 0. The summed E-state index contributed by atoms with van der Waals surface area (Å²) in [5, 5.41) is 8.36. The zero-order valence-electron chi connectivity index (χ0n) is 27.0. The monoisotopic (exact) mass is 600 g/mol. The molecule has 8 N–H and O–H groups in total. The molecule has 8 heteroatoms. The van der Waals surface area contributed by atoms with E-state index >= 15 is 0 Å². The Morgan fingerprint density at radius 2 is 1.27 bits per heavy atom. The highest BCUT2D eigenvalue weighted by Crippen LogP contribution is 2.30. The first-order valence-corrected chi connectivity index (χ1v) is 15.2. The minimum atomic E-state index is 0.184. The molecular weight excluding hydrogens is 548 g/mol. The van der Waals surface area contributed by atoms with Crippen LogP contribution in [0.25, 0.3) is 0 Å². The molecule has 0 atom stereocenters. The zero-order valence-corrected chi connectivity index (χ0v) is 27.0. The van der Waals surface area contributed by atoms with Gasteiger partial charge in [0.15, 0.2) is 0 Å². The van der Waals surface area contributed by atoms with Crippen molar-refractivity contribution in [2.75, 3.05) is 0 Å². The van der Waals surface area contributed by atoms with Crippen LogP contribution in [0.1, 0.15) is 92.4 Å². The summed E-state index contributed by atoms with van der Waals surface area (Å²) in [5.74, 6) is 1.05. The first-order chi connectivity index (χ1) is 21.1. The number of carbonyl (C=O) groups is 2. The zero-order chi connectivity index (χ0) is 32.7. The van der Waals surface area contributed by atoms with Gasteiger partial charge in [-0.15, -0.1) is 0 Å². The summed E-state index contributed by atoms with van der Waals surface area (Å²) < 4.78 is 0. The summed E-state index contributed by atoms with van der Waals surface area (Å²) in [7, 11) is 0. The molecule has 8 nitrogen and oxygen atoms in total. The maximum atomic E-state index is 10.8. The standard InChI is InChI=1S/C11H16N2.2C10H13NO.C5H10N2/c1-9-7-8-11(13-12-9)10-5-3-2-4-6-10;2*1-8(12)5-9-3-2-4-10(6-9)7-11;1-5(7)3-2-4-6/h7-8,10H,2-6H2,1H3;2*2-4,6H,5,7,11H2,1H3;2-4H,6-7H2,1H3/b;;;4-2-,5-3-. The number of ketones is 2. The van der Waals surface area contributed by atoms with E-state index in [-0.39, 0.29) is 11.6 Å². The third-order valence-corrected chi connectivity index (χ3v) is 6.67. The Morgan fingerprint density at radius 1 is 0.773 bits per heavy atom. The molecule has 1 saturated carbocycles. The highest BCUT2D eigenvalue weighted by Gasteiger charge is 2.16. The second-order valence-electron chi connectivity index (χ2n) is 11.0. The van der Waals surface area contributed by atoms with Gasteiger partial charge in [-0.25, -0.2) is 0 Å². The van der Waals surface area contributed by atoms with Crippen molar-refractivity contribution in [1.82, 2.24) is 10.2 Å². The molecule has 44 heavy (non-hydrogen) atoms. The Bertz CT molecular complexity index is 1250. The predicted molar refractivity (Wildman–Crippen MR) is 181 cm³/mol. The van der Waals surface area contributed by atoms with Gasteiger partial charge in [0.2, 0.25) is 0 Å². The SMILES string of the molecule is C/C(N)=C/C=C\N.CC(=O)Cc1cccc(CN)c1.CC(=O)Cc1cccc(CN)c1.Cc1ccc(C2CCCCC2)nn1. The smallest absolute Gasteiger partial charge is 0.134 e. The molecule has 0 amide bonds. The number of aryl methyl sites for hydroxylation is 1. The molecule has 1 aromatic heterocycles. The van der Waals surface area contributed by atoms with Gasteiger partial charge in [0.1, 0.15) is 11.6 Å². The van der Waals surface area contributed by atoms with Crippen molar-refractivity contribution < 1.29 is 9.59 Å². The van der Waals surface area contributed by atoms with E-state index in [0.29, 0.717) is 31.8 Å². The van der Waals surface area contributed by atoms with Crippen molar-refractivity contribution >= 4 is 11.6 Å². The Kier molecular flexibility index (Phi) is 19.3. The Morgan fingerprint density at radius 3 is 1.64 bits per heavy atom. The number of allylic oxidation sites excluding steroid dienone is 3. The fourth-order valence-electron chi connectivity index (χ4n) is 4.54. The normalized spacial score (nSPS) is 13.0. The highest BCUT2D eigenvalue weighted by atomic mass is 16.1. The molecule has 1 aliphatic rings. The molecular formula is C36H52N6O2. The molecule has 2 aromatic carbocycles. The van der Waals surface area contributed by atoms with Crippen molar-refractivity contribution in [2.24, 2.45) is 22.9 Å². The predicted octanol–water partition coefficient (Wildman–Crippen LogP) is 5.71. The largest absolute Gasteiger partial charge is 0.405 e. The van der Waals surface area contributed by atoms with E-state index in [1.807, 2.05) is 55.5 Å². The number of benzene rings is 2. The molecule has 0 bridgehead atoms. The number of nitrogens with zero attached hydrogens (tertiary/aromatic N) is 2. The van der Waals surface area contributed by atoms with Crippen molar-refractivity contribution in [2.45, 2.75) is 91.6 Å². The Balaban J connectivity index is 0.000000300. The number of nitrogens with two attached hydrogens (primary N) is 4. The molecule has 1 aliphatic carbocycles. The average Bonchev–Trinajstić information content (AvgIpc) is 3.01. The lowest BCUT2D eigenvalue weighted by molar-refractivity contribution is -0.117. The quantitative estimate of drug-likeness (QED) is 0.239. The third kappa shape index (κ3) is 17.7. The lowest BCUT2D eigenvalue weighted by Crippen LogP contribution is -2.07. The second kappa shape index (κ2) is 22.4. The van der Waals surface area contributed by atoms with E-state index in [9.17, 15) is 9.59 Å². The van der Waals surface area contributed by atoms with Crippen LogP contribution in [0.3, 0.4) is 0 Å².